The molecule has 1 N–H and O–H groups in total. The molecule has 3 rings (SSSR count). The standard InChI is InChI=1S/C17H23N3OS2/c1-4-7-18-15(21)11(3)22-16-14-12-6-5-10(2)8-13(12)23-17(14)20-9-19-16/h9-11H,4-8H2,1-3H3,(H,18,21)/t10-,11+/m0/s1. The molecule has 23 heavy (non-hydrogen) atoms. The van der Waals surface area contributed by atoms with Crippen molar-refractivity contribution in [2.75, 3.05) is 6.54 Å². The van der Waals surface area contributed by atoms with Gasteiger partial charge in [0, 0.05) is 16.8 Å². The van der Waals surface area contributed by atoms with E-state index in [0.717, 1.165) is 41.6 Å². The van der Waals surface area contributed by atoms with Crippen molar-refractivity contribution >= 4 is 39.2 Å². The first-order valence-electron chi connectivity index (χ1n) is 8.29. The van der Waals surface area contributed by atoms with Crippen LogP contribution in [0.15, 0.2) is 11.4 Å². The van der Waals surface area contributed by atoms with Crippen molar-refractivity contribution in [3.05, 3.63) is 16.8 Å². The lowest BCUT2D eigenvalue weighted by atomic mass is 9.89. The molecule has 0 fully saturated rings. The summed E-state index contributed by atoms with van der Waals surface area (Å²) in [5, 5.41) is 4.97. The molecule has 2 heterocycles. The second-order valence-corrected chi connectivity index (χ2v) is 8.67. The van der Waals surface area contributed by atoms with Gasteiger partial charge < -0.3 is 5.32 Å². The first-order chi connectivity index (χ1) is 11.1. The first kappa shape index (κ1) is 16.7. The minimum atomic E-state index is -0.141. The van der Waals surface area contributed by atoms with Crippen LogP contribution in [-0.4, -0.2) is 27.7 Å². The molecule has 4 nitrogen and oxygen atoms in total. The fourth-order valence-electron chi connectivity index (χ4n) is 2.95. The lowest BCUT2D eigenvalue weighted by Crippen LogP contribution is -2.31. The van der Waals surface area contributed by atoms with E-state index in [0.29, 0.717) is 0 Å². The Morgan fingerprint density at radius 2 is 2.35 bits per heavy atom. The van der Waals surface area contributed by atoms with Crippen LogP contribution in [0.3, 0.4) is 0 Å². The van der Waals surface area contributed by atoms with E-state index >= 15 is 0 Å². The molecular weight excluding hydrogens is 326 g/mol. The van der Waals surface area contributed by atoms with Crippen molar-refractivity contribution in [2.24, 2.45) is 5.92 Å². The molecule has 0 aliphatic heterocycles. The zero-order valence-corrected chi connectivity index (χ0v) is 15.5. The third kappa shape index (κ3) is 3.53. The Bertz CT molecular complexity index is 713. The van der Waals surface area contributed by atoms with Gasteiger partial charge in [0.2, 0.25) is 5.91 Å². The van der Waals surface area contributed by atoms with Crippen molar-refractivity contribution in [1.82, 2.24) is 15.3 Å². The van der Waals surface area contributed by atoms with Gasteiger partial charge in [-0.15, -0.1) is 11.3 Å². The van der Waals surface area contributed by atoms with Gasteiger partial charge in [-0.25, -0.2) is 9.97 Å². The number of thiophene rings is 1. The highest BCUT2D eigenvalue weighted by Gasteiger charge is 2.24. The molecule has 2 atom stereocenters. The smallest absolute Gasteiger partial charge is 0.233 e. The van der Waals surface area contributed by atoms with Crippen molar-refractivity contribution in [3.63, 3.8) is 0 Å². The van der Waals surface area contributed by atoms with Crippen LogP contribution in [0.2, 0.25) is 0 Å². The highest BCUT2D eigenvalue weighted by atomic mass is 32.2. The normalized spacial score (nSPS) is 18.7. The predicted octanol–water partition coefficient (Wildman–Crippen LogP) is 3.82. The van der Waals surface area contributed by atoms with Crippen LogP contribution < -0.4 is 5.32 Å². The molecular formula is C17H23N3OS2. The fourth-order valence-corrected chi connectivity index (χ4v) is 5.33. The Morgan fingerprint density at radius 3 is 3.13 bits per heavy atom. The lowest BCUT2D eigenvalue weighted by molar-refractivity contribution is -0.120. The number of nitrogens with one attached hydrogen (secondary N) is 1. The summed E-state index contributed by atoms with van der Waals surface area (Å²) in [7, 11) is 0. The van der Waals surface area contributed by atoms with E-state index in [-0.39, 0.29) is 11.2 Å². The van der Waals surface area contributed by atoms with Gasteiger partial charge in [-0.05, 0) is 44.1 Å². The summed E-state index contributed by atoms with van der Waals surface area (Å²) >= 11 is 3.36. The Morgan fingerprint density at radius 1 is 1.52 bits per heavy atom. The maximum absolute atomic E-state index is 12.1. The average Bonchev–Trinajstić information content (AvgIpc) is 2.90. The molecule has 124 valence electrons. The molecule has 0 saturated carbocycles. The first-order valence-corrected chi connectivity index (χ1v) is 9.99. The molecule has 1 amide bonds. The Hall–Kier alpha value is -1.14. The van der Waals surface area contributed by atoms with Crippen LogP contribution in [0.4, 0.5) is 0 Å². The summed E-state index contributed by atoms with van der Waals surface area (Å²) < 4.78 is 0. The second kappa shape index (κ2) is 7.18. The van der Waals surface area contributed by atoms with Gasteiger partial charge in [-0.2, -0.15) is 0 Å². The third-order valence-corrected chi connectivity index (χ3v) is 6.53. The summed E-state index contributed by atoms with van der Waals surface area (Å²) in [4.78, 5) is 23.6. The number of aryl methyl sites for hydroxylation is 1. The molecule has 0 aromatic carbocycles. The van der Waals surface area contributed by atoms with Gasteiger partial charge in [0.25, 0.3) is 0 Å². The zero-order valence-electron chi connectivity index (χ0n) is 13.9. The molecule has 1 aliphatic rings. The summed E-state index contributed by atoms with van der Waals surface area (Å²) in [5.74, 6) is 0.833. The van der Waals surface area contributed by atoms with Gasteiger partial charge in [0.15, 0.2) is 0 Å². The monoisotopic (exact) mass is 349 g/mol. The minimum Gasteiger partial charge on any atom is -0.355 e. The third-order valence-electron chi connectivity index (χ3n) is 4.26. The quantitative estimate of drug-likeness (QED) is 0.658. The number of aromatic nitrogens is 2. The maximum atomic E-state index is 12.1. The predicted molar refractivity (Wildman–Crippen MR) is 97.2 cm³/mol. The number of hydrogen-bond donors (Lipinski definition) is 1. The largest absolute Gasteiger partial charge is 0.355 e. The number of carbonyl (C=O) groups is 1. The Kier molecular flexibility index (Phi) is 5.21. The van der Waals surface area contributed by atoms with Crippen molar-refractivity contribution in [3.8, 4) is 0 Å². The van der Waals surface area contributed by atoms with Gasteiger partial charge in [0.05, 0.1) is 5.25 Å². The fraction of sp³-hybridized carbons (Fsp3) is 0.588. The Labute approximate surface area is 145 Å². The summed E-state index contributed by atoms with van der Waals surface area (Å²) in [6.07, 6.45) is 6.06. The number of rotatable bonds is 5. The molecule has 2 aromatic heterocycles. The van der Waals surface area contributed by atoms with E-state index in [9.17, 15) is 4.79 Å². The van der Waals surface area contributed by atoms with E-state index in [1.807, 2.05) is 6.92 Å². The van der Waals surface area contributed by atoms with Crippen molar-refractivity contribution in [1.29, 1.82) is 0 Å². The Balaban J connectivity index is 1.88. The van der Waals surface area contributed by atoms with E-state index in [1.54, 1.807) is 29.4 Å². The van der Waals surface area contributed by atoms with E-state index < -0.39 is 0 Å². The molecule has 0 unspecified atom stereocenters. The lowest BCUT2D eigenvalue weighted by Gasteiger charge is -2.18. The van der Waals surface area contributed by atoms with Gasteiger partial charge in [0.1, 0.15) is 16.2 Å². The number of nitrogens with zero attached hydrogens (tertiary/aromatic N) is 2. The van der Waals surface area contributed by atoms with Crippen LogP contribution in [0.1, 0.15) is 44.1 Å². The van der Waals surface area contributed by atoms with Crippen LogP contribution >= 0.6 is 23.1 Å². The number of thioether (sulfide) groups is 1. The molecule has 1 aliphatic carbocycles. The van der Waals surface area contributed by atoms with E-state index in [2.05, 4.69) is 29.1 Å². The number of hydrogen-bond acceptors (Lipinski definition) is 5. The highest BCUT2D eigenvalue weighted by molar-refractivity contribution is 8.00. The number of fused-ring (bicyclic) bond motifs is 3. The van der Waals surface area contributed by atoms with E-state index in [1.165, 1.54) is 22.2 Å². The number of carbonyl (C=O) groups excluding carboxylic acids is 1. The molecule has 0 radical (unpaired) electrons. The van der Waals surface area contributed by atoms with Gasteiger partial charge in [-0.1, -0.05) is 25.6 Å². The average molecular weight is 350 g/mol. The van der Waals surface area contributed by atoms with Crippen LogP contribution in [0, 0.1) is 5.92 Å². The zero-order chi connectivity index (χ0) is 16.4. The second-order valence-electron chi connectivity index (χ2n) is 6.26. The SMILES string of the molecule is CCCNC(=O)[C@@H](C)Sc1ncnc2sc3c(c12)CC[C@H](C)C3. The van der Waals surface area contributed by atoms with Crippen molar-refractivity contribution in [2.45, 2.75) is 56.7 Å². The topological polar surface area (TPSA) is 54.9 Å². The minimum absolute atomic E-state index is 0.0846. The summed E-state index contributed by atoms with van der Waals surface area (Å²) in [6, 6.07) is 0. The van der Waals surface area contributed by atoms with Gasteiger partial charge in [-0.3, -0.25) is 4.79 Å². The molecule has 0 bridgehead atoms. The summed E-state index contributed by atoms with van der Waals surface area (Å²) in [5.41, 5.74) is 1.42. The maximum Gasteiger partial charge on any atom is 0.233 e. The van der Waals surface area contributed by atoms with Crippen LogP contribution in [-0.2, 0) is 17.6 Å². The molecule has 0 spiro atoms. The summed E-state index contributed by atoms with van der Waals surface area (Å²) in [6.45, 7) is 7.05. The highest BCUT2D eigenvalue weighted by Crippen LogP contribution is 2.41. The molecule has 2 aromatic rings. The van der Waals surface area contributed by atoms with Crippen LogP contribution in [0.5, 0.6) is 0 Å². The van der Waals surface area contributed by atoms with E-state index in [4.69, 9.17) is 0 Å². The van der Waals surface area contributed by atoms with Crippen molar-refractivity contribution < 1.29 is 4.79 Å². The molecule has 6 heteroatoms. The molecule has 0 saturated heterocycles. The van der Waals surface area contributed by atoms with Crippen LogP contribution in [0.25, 0.3) is 10.2 Å². The number of amides is 1. The van der Waals surface area contributed by atoms with Gasteiger partial charge >= 0.3 is 0 Å².